The number of nitrogens with zero attached hydrogens (tertiary/aromatic N) is 5. The van der Waals surface area contributed by atoms with E-state index in [9.17, 15) is 26.7 Å². The van der Waals surface area contributed by atoms with Crippen LogP contribution in [0.1, 0.15) is 36.8 Å². The maximum Gasteiger partial charge on any atom is 0.419 e. The maximum absolute atomic E-state index is 14.3. The zero-order valence-electron chi connectivity index (χ0n) is 23.3. The average molecular weight is 613 g/mol. The predicted octanol–water partition coefficient (Wildman–Crippen LogP) is 5.59. The first-order valence-electron chi connectivity index (χ1n) is 13.5. The molecule has 0 aliphatic heterocycles. The number of hydrogen-bond acceptors (Lipinski definition) is 9. The van der Waals surface area contributed by atoms with Crippen LogP contribution >= 0.6 is 0 Å². The molecule has 1 aromatic carbocycles. The van der Waals surface area contributed by atoms with Gasteiger partial charge in [-0.3, -0.25) is 0 Å². The van der Waals surface area contributed by atoms with Gasteiger partial charge in [-0.25, -0.2) is 27.3 Å². The second-order valence-electron chi connectivity index (χ2n) is 10.7. The predicted molar refractivity (Wildman–Crippen MR) is 152 cm³/mol. The van der Waals surface area contributed by atoms with Crippen LogP contribution in [0.4, 0.5) is 19.1 Å². The van der Waals surface area contributed by atoms with Crippen molar-refractivity contribution in [3.05, 3.63) is 71.9 Å². The van der Waals surface area contributed by atoms with Gasteiger partial charge in [-0.2, -0.15) is 13.2 Å². The lowest BCUT2D eigenvalue weighted by Crippen LogP contribution is -2.32. The van der Waals surface area contributed by atoms with E-state index in [1.807, 2.05) is 6.92 Å². The molecule has 4 aromatic heterocycles. The van der Waals surface area contributed by atoms with Gasteiger partial charge in [0.05, 0.1) is 39.7 Å². The number of aliphatic hydroxyl groups excluding tert-OH is 1. The number of rotatable bonds is 6. The van der Waals surface area contributed by atoms with Crippen molar-refractivity contribution in [2.75, 3.05) is 5.32 Å². The molecule has 0 radical (unpaired) electrons. The van der Waals surface area contributed by atoms with Crippen LogP contribution in [0.25, 0.3) is 33.5 Å². The first-order valence-corrected chi connectivity index (χ1v) is 15.0. The Morgan fingerprint density at radius 1 is 1.07 bits per heavy atom. The highest BCUT2D eigenvalue weighted by Gasteiger charge is 2.38. The monoisotopic (exact) mass is 612 g/mol. The highest BCUT2D eigenvalue weighted by Crippen LogP contribution is 2.41. The van der Waals surface area contributed by atoms with E-state index in [-0.39, 0.29) is 33.4 Å². The first-order chi connectivity index (χ1) is 20.4. The Labute approximate surface area is 244 Å². The van der Waals surface area contributed by atoms with E-state index in [1.165, 1.54) is 18.2 Å². The number of aryl methyl sites for hydroxylation is 2. The quantitative estimate of drug-likeness (QED) is 0.251. The minimum Gasteiger partial charge on any atom is -0.391 e. The summed E-state index contributed by atoms with van der Waals surface area (Å²) in [6.45, 7) is 5.27. The molecule has 6 rings (SSSR count). The first kappa shape index (κ1) is 28.8. The second-order valence-corrected chi connectivity index (χ2v) is 12.5. The zero-order chi connectivity index (χ0) is 30.7. The zero-order valence-corrected chi connectivity index (χ0v) is 24.1. The molecule has 10 nitrogen and oxygen atoms in total. The van der Waals surface area contributed by atoms with Gasteiger partial charge in [-0.1, -0.05) is 30.3 Å². The molecule has 1 aliphatic rings. The van der Waals surface area contributed by atoms with Gasteiger partial charge in [-0.15, -0.1) is 0 Å². The van der Waals surface area contributed by atoms with Gasteiger partial charge in [0.25, 0.3) is 10.0 Å². The third-order valence-electron chi connectivity index (χ3n) is 7.80. The summed E-state index contributed by atoms with van der Waals surface area (Å²) in [6.07, 6.45) is -2.49. The van der Waals surface area contributed by atoms with Gasteiger partial charge >= 0.3 is 6.18 Å². The molecule has 0 bridgehead atoms. The minimum atomic E-state index is -4.86. The number of fused-ring (bicyclic) bond motifs is 1. The van der Waals surface area contributed by atoms with Gasteiger partial charge in [-0.05, 0) is 56.9 Å². The molecule has 5 aromatic rings. The standard InChI is InChI=1S/C29H27F3N6O4S/c1-15-9-11-23(26(15)39)35-28-33-13-21(29(30,31)32)25(36-28)20-14-38(43(40,41)18-7-5-4-6-8-18)27-19(20)10-12-22(34-27)24-16(2)37-42-17(24)3/h4-8,10,12-15,23,26,39H,9,11H2,1-3H3,(H,33,35,36)/t15?,23-,26+/m0/s1. The minimum absolute atomic E-state index is 0.00515. The average Bonchev–Trinajstić information content (AvgIpc) is 3.63. The summed E-state index contributed by atoms with van der Waals surface area (Å²) in [5.74, 6) is 0.335. The molecule has 1 unspecified atom stereocenters. The summed E-state index contributed by atoms with van der Waals surface area (Å²) < 4.78 is 76.8. The van der Waals surface area contributed by atoms with Crippen LogP contribution in [0, 0.1) is 19.8 Å². The van der Waals surface area contributed by atoms with E-state index in [2.05, 4.69) is 25.4 Å². The molecule has 1 fully saturated rings. The van der Waals surface area contributed by atoms with Crippen molar-refractivity contribution in [2.24, 2.45) is 5.92 Å². The van der Waals surface area contributed by atoms with E-state index in [0.29, 0.717) is 35.3 Å². The number of halogens is 3. The number of nitrogens with one attached hydrogen (secondary N) is 1. The molecule has 224 valence electrons. The molecule has 0 spiro atoms. The number of pyridine rings is 1. The van der Waals surface area contributed by atoms with E-state index in [4.69, 9.17) is 4.52 Å². The third kappa shape index (κ3) is 5.03. The Morgan fingerprint density at radius 3 is 2.44 bits per heavy atom. The van der Waals surface area contributed by atoms with Crippen molar-refractivity contribution in [1.82, 2.24) is 24.1 Å². The molecule has 3 atom stereocenters. The van der Waals surface area contributed by atoms with Crippen molar-refractivity contribution in [3.8, 4) is 22.5 Å². The summed E-state index contributed by atoms with van der Waals surface area (Å²) in [6, 6.07) is 10.2. The van der Waals surface area contributed by atoms with Gasteiger partial charge in [0, 0.05) is 23.3 Å². The number of anilines is 1. The maximum atomic E-state index is 14.3. The van der Waals surface area contributed by atoms with E-state index < -0.39 is 39.6 Å². The SMILES string of the molecule is Cc1noc(C)c1-c1ccc2c(-c3nc(N[C@H]4CCC(C)[C@H]4O)ncc3C(F)(F)F)cn(S(=O)(=O)c3ccccc3)c2n1. The molecule has 14 heteroatoms. The topological polar surface area (TPSA) is 136 Å². The van der Waals surface area contributed by atoms with Crippen molar-refractivity contribution in [2.45, 2.75) is 56.8 Å². The summed E-state index contributed by atoms with van der Waals surface area (Å²) in [4.78, 5) is 12.7. The Hall–Kier alpha value is -4.30. The van der Waals surface area contributed by atoms with Crippen molar-refractivity contribution < 1.29 is 31.2 Å². The van der Waals surface area contributed by atoms with Gasteiger partial charge in [0.1, 0.15) is 11.3 Å². The molecule has 0 saturated heterocycles. The molecule has 0 amide bonds. The lowest BCUT2D eigenvalue weighted by Gasteiger charge is -2.19. The fourth-order valence-electron chi connectivity index (χ4n) is 5.51. The molecule has 4 heterocycles. The number of benzene rings is 1. The van der Waals surface area contributed by atoms with Crippen LogP contribution in [0.15, 0.2) is 64.3 Å². The smallest absolute Gasteiger partial charge is 0.391 e. The van der Waals surface area contributed by atoms with Crippen LogP contribution in [0.5, 0.6) is 0 Å². The molecule has 2 N–H and O–H groups in total. The van der Waals surface area contributed by atoms with Gasteiger partial charge in [0.2, 0.25) is 5.95 Å². The molecule has 43 heavy (non-hydrogen) atoms. The third-order valence-corrected chi connectivity index (χ3v) is 9.47. The van der Waals surface area contributed by atoms with Crippen LogP contribution in [0.2, 0.25) is 0 Å². The Balaban J connectivity index is 1.59. The summed E-state index contributed by atoms with van der Waals surface area (Å²) in [7, 11) is -4.31. The van der Waals surface area contributed by atoms with Crippen LogP contribution in [0.3, 0.4) is 0 Å². The fourth-order valence-corrected chi connectivity index (χ4v) is 6.85. The lowest BCUT2D eigenvalue weighted by molar-refractivity contribution is -0.137. The Morgan fingerprint density at radius 2 is 1.81 bits per heavy atom. The second kappa shape index (κ2) is 10.5. The highest BCUT2D eigenvalue weighted by atomic mass is 32.2. The van der Waals surface area contributed by atoms with E-state index >= 15 is 0 Å². The lowest BCUT2D eigenvalue weighted by atomic mass is 10.1. The molecular weight excluding hydrogens is 585 g/mol. The molecular formula is C29H27F3N6O4S. The van der Waals surface area contributed by atoms with Gasteiger partial charge in [0.15, 0.2) is 5.65 Å². The number of aromatic nitrogens is 5. The fraction of sp³-hybridized carbons (Fsp3) is 0.310. The largest absolute Gasteiger partial charge is 0.419 e. The van der Waals surface area contributed by atoms with Crippen LogP contribution in [-0.2, 0) is 16.2 Å². The number of hydrogen-bond donors (Lipinski definition) is 2. The normalized spacial score (nSPS) is 19.3. The summed E-state index contributed by atoms with van der Waals surface area (Å²) in [5.41, 5.74) is -0.481. The van der Waals surface area contributed by atoms with E-state index in [0.717, 1.165) is 16.6 Å². The molecule has 1 aliphatic carbocycles. The summed E-state index contributed by atoms with van der Waals surface area (Å²) in [5, 5.41) is 17.5. The number of aliphatic hydroxyl groups is 1. The number of alkyl halides is 3. The van der Waals surface area contributed by atoms with Crippen molar-refractivity contribution in [3.63, 3.8) is 0 Å². The molecule has 1 saturated carbocycles. The Bertz CT molecular complexity index is 1920. The van der Waals surface area contributed by atoms with Crippen LogP contribution in [-0.4, -0.2) is 49.8 Å². The van der Waals surface area contributed by atoms with Crippen molar-refractivity contribution >= 4 is 27.0 Å². The highest BCUT2D eigenvalue weighted by molar-refractivity contribution is 7.90. The van der Waals surface area contributed by atoms with Crippen molar-refractivity contribution in [1.29, 1.82) is 0 Å². The Kier molecular flexibility index (Phi) is 7.00. The van der Waals surface area contributed by atoms with E-state index in [1.54, 1.807) is 38.1 Å². The van der Waals surface area contributed by atoms with Gasteiger partial charge < -0.3 is 14.9 Å². The summed E-state index contributed by atoms with van der Waals surface area (Å²) >= 11 is 0. The van der Waals surface area contributed by atoms with Crippen LogP contribution < -0.4 is 5.32 Å².